The predicted molar refractivity (Wildman–Crippen MR) is 97.4 cm³/mol. The lowest BCUT2D eigenvalue weighted by molar-refractivity contribution is 0.0740. The summed E-state index contributed by atoms with van der Waals surface area (Å²) >= 11 is 2.63. The summed E-state index contributed by atoms with van der Waals surface area (Å²) in [6.45, 7) is 0. The molecule has 0 aliphatic rings. The number of rotatable bonds is 3. The maximum absolute atomic E-state index is 11.8. The second kappa shape index (κ2) is 7.70. The first-order valence-electron chi connectivity index (χ1n) is 6.56. The molecule has 3 rings (SSSR count). The highest BCUT2D eigenvalue weighted by atomic mass is 32.2. The number of thiazole rings is 1. The highest BCUT2D eigenvalue weighted by molar-refractivity contribution is 7.85. The van der Waals surface area contributed by atoms with Crippen LogP contribution in [0.2, 0.25) is 0 Å². The molecule has 3 aromatic rings. The summed E-state index contributed by atoms with van der Waals surface area (Å²) in [4.78, 5) is 16.6. The molecule has 2 aromatic heterocycles. The molecule has 8 nitrogen and oxygen atoms in total. The van der Waals surface area contributed by atoms with Crippen molar-refractivity contribution in [3.63, 3.8) is 0 Å². The van der Waals surface area contributed by atoms with Crippen LogP contribution in [0.1, 0.15) is 14.7 Å². The van der Waals surface area contributed by atoms with Crippen LogP contribution in [-0.4, -0.2) is 36.0 Å². The van der Waals surface area contributed by atoms with Crippen molar-refractivity contribution in [2.24, 2.45) is 5.73 Å². The molecule has 11 heteroatoms. The van der Waals surface area contributed by atoms with Crippen molar-refractivity contribution < 1.29 is 22.5 Å². The van der Waals surface area contributed by atoms with Crippen LogP contribution >= 0.6 is 22.7 Å². The van der Waals surface area contributed by atoms with Gasteiger partial charge in [-0.25, -0.2) is 9.78 Å². The van der Waals surface area contributed by atoms with E-state index in [1.54, 1.807) is 30.3 Å². The van der Waals surface area contributed by atoms with Gasteiger partial charge in [0.25, 0.3) is 10.1 Å². The average molecular weight is 399 g/mol. The smallest absolute Gasteiger partial charge is 0.353 e. The Morgan fingerprint density at radius 1 is 1.36 bits per heavy atom. The van der Waals surface area contributed by atoms with Crippen molar-refractivity contribution in [2.45, 2.75) is 0 Å². The maximum Gasteiger partial charge on any atom is 0.353 e. The summed E-state index contributed by atoms with van der Waals surface area (Å²) in [6, 6.07) is 8.66. The second-order valence-corrected chi connectivity index (χ2v) is 8.11. The fraction of sp³-hybridized carbons (Fsp3) is 0.0714. The van der Waals surface area contributed by atoms with E-state index in [9.17, 15) is 13.2 Å². The maximum atomic E-state index is 11.8. The highest BCUT2D eigenvalue weighted by Crippen LogP contribution is 2.27. The molecule has 0 atom stereocenters. The van der Waals surface area contributed by atoms with Crippen molar-refractivity contribution in [1.82, 2.24) is 4.98 Å². The van der Waals surface area contributed by atoms with Crippen LogP contribution in [-0.2, 0) is 10.1 Å². The van der Waals surface area contributed by atoms with Crippen molar-refractivity contribution in [2.75, 3.05) is 6.26 Å². The fourth-order valence-corrected chi connectivity index (χ4v) is 3.09. The van der Waals surface area contributed by atoms with Gasteiger partial charge in [-0.15, -0.1) is 22.7 Å². The lowest BCUT2D eigenvalue weighted by Gasteiger charge is -2.01. The number of nitrogens with zero attached hydrogens (tertiary/aromatic N) is 1. The Hall–Kier alpha value is -2.34. The third-order valence-corrected chi connectivity index (χ3v) is 4.42. The van der Waals surface area contributed by atoms with Gasteiger partial charge in [-0.05, 0) is 23.6 Å². The molecule has 0 saturated carbocycles. The molecular weight excluding hydrogens is 386 g/mol. The minimum atomic E-state index is -3.67. The van der Waals surface area contributed by atoms with E-state index in [0.717, 1.165) is 10.2 Å². The fourth-order valence-electron chi connectivity index (χ4n) is 1.64. The molecule has 0 radical (unpaired) electrons. The Kier molecular flexibility index (Phi) is 5.85. The summed E-state index contributed by atoms with van der Waals surface area (Å²) in [5, 5.41) is 9.65. The number of carbonyl (C=O) groups excluding carboxylic acids is 1. The van der Waals surface area contributed by atoms with Gasteiger partial charge in [-0.3, -0.25) is 9.96 Å². The Morgan fingerprint density at radius 3 is 2.60 bits per heavy atom. The zero-order chi connectivity index (χ0) is 18.6. The number of benzene rings is 1. The van der Waals surface area contributed by atoms with Gasteiger partial charge >= 0.3 is 5.97 Å². The van der Waals surface area contributed by atoms with Crippen LogP contribution in [0.5, 0.6) is 5.75 Å². The number of hydrogen-bond acceptors (Lipinski definition) is 8. The lowest BCUT2D eigenvalue weighted by atomic mass is 10.3. The number of amidine groups is 1. The van der Waals surface area contributed by atoms with E-state index in [4.69, 9.17) is 20.4 Å². The Bertz CT molecular complexity index is 1000. The zero-order valence-corrected chi connectivity index (χ0v) is 15.2. The number of esters is 1. The molecule has 132 valence electrons. The second-order valence-electron chi connectivity index (χ2n) is 4.66. The number of nitrogens with two attached hydrogens (primary N) is 1. The van der Waals surface area contributed by atoms with Gasteiger partial charge in [-0.1, -0.05) is 6.07 Å². The molecule has 0 amide bonds. The summed E-state index contributed by atoms with van der Waals surface area (Å²) in [7, 11) is -3.67. The van der Waals surface area contributed by atoms with Crippen molar-refractivity contribution in [3.05, 3.63) is 45.6 Å². The quantitative estimate of drug-likeness (QED) is 0.202. The minimum absolute atomic E-state index is 0.0664. The van der Waals surface area contributed by atoms with E-state index in [2.05, 4.69) is 4.98 Å². The Labute approximate surface area is 151 Å². The van der Waals surface area contributed by atoms with Gasteiger partial charge in [0, 0.05) is 6.07 Å². The molecule has 0 spiro atoms. The monoisotopic (exact) mass is 399 g/mol. The van der Waals surface area contributed by atoms with Gasteiger partial charge in [0.1, 0.15) is 10.6 Å². The van der Waals surface area contributed by atoms with Crippen LogP contribution in [0, 0.1) is 5.41 Å². The largest absolute Gasteiger partial charge is 0.422 e. The van der Waals surface area contributed by atoms with Crippen molar-refractivity contribution in [1.29, 1.82) is 5.41 Å². The molecule has 0 bridgehead atoms. The third kappa shape index (κ3) is 5.90. The molecule has 0 aliphatic carbocycles. The minimum Gasteiger partial charge on any atom is -0.422 e. The van der Waals surface area contributed by atoms with Crippen LogP contribution in [0.4, 0.5) is 0 Å². The summed E-state index contributed by atoms with van der Waals surface area (Å²) in [5.41, 5.74) is 6.14. The first-order valence-corrected chi connectivity index (χ1v) is 10.1. The highest BCUT2D eigenvalue weighted by Gasteiger charge is 2.11. The Morgan fingerprint density at radius 2 is 2.04 bits per heavy atom. The third-order valence-electron chi connectivity index (χ3n) is 2.52. The number of ether oxygens (including phenoxy) is 1. The first kappa shape index (κ1) is 19.0. The van der Waals surface area contributed by atoms with Gasteiger partial charge in [0.05, 0.1) is 16.5 Å². The number of aromatic nitrogens is 1. The number of nitrogens with one attached hydrogen (secondary N) is 1. The van der Waals surface area contributed by atoms with Gasteiger partial charge in [-0.2, -0.15) is 8.42 Å². The molecule has 4 N–H and O–H groups in total. The SMILES string of the molecule is CS(=O)(=O)O.N=C(N)c1nc2ccc(OC(=O)c3cccs3)cc2s1. The summed E-state index contributed by atoms with van der Waals surface area (Å²) in [5.74, 6) is 0.00800. The molecule has 0 unspecified atom stereocenters. The number of thiophene rings is 1. The van der Waals surface area contributed by atoms with Gasteiger partial charge in [0.2, 0.25) is 0 Å². The van der Waals surface area contributed by atoms with Crippen molar-refractivity contribution >= 4 is 54.8 Å². The number of carbonyl (C=O) groups is 1. The number of nitrogen functional groups attached to an aromatic ring is 1. The van der Waals surface area contributed by atoms with Crippen LogP contribution in [0.15, 0.2) is 35.7 Å². The molecule has 1 aromatic carbocycles. The van der Waals surface area contributed by atoms with Crippen LogP contribution in [0.3, 0.4) is 0 Å². The predicted octanol–water partition coefficient (Wildman–Crippen LogP) is 2.37. The summed E-state index contributed by atoms with van der Waals surface area (Å²) in [6.07, 6.45) is 0.715. The number of fused-ring (bicyclic) bond motifs is 1. The van der Waals surface area contributed by atoms with E-state index in [1.807, 2.05) is 5.38 Å². The average Bonchev–Trinajstić information content (AvgIpc) is 3.14. The number of hydrogen-bond donors (Lipinski definition) is 3. The van der Waals surface area contributed by atoms with E-state index in [-0.39, 0.29) is 11.8 Å². The molecular formula is C14H13N3O5S3. The van der Waals surface area contributed by atoms with Gasteiger partial charge < -0.3 is 10.5 Å². The molecule has 0 saturated heterocycles. The molecule has 0 aliphatic heterocycles. The van der Waals surface area contributed by atoms with Gasteiger partial charge in [0.15, 0.2) is 10.8 Å². The van der Waals surface area contributed by atoms with E-state index >= 15 is 0 Å². The van der Waals surface area contributed by atoms with E-state index in [0.29, 0.717) is 21.9 Å². The topological polar surface area (TPSA) is 143 Å². The van der Waals surface area contributed by atoms with Crippen LogP contribution in [0.25, 0.3) is 10.2 Å². The van der Waals surface area contributed by atoms with Crippen molar-refractivity contribution in [3.8, 4) is 5.75 Å². The molecule has 2 heterocycles. The molecule has 0 fully saturated rings. The molecule has 25 heavy (non-hydrogen) atoms. The Balaban J connectivity index is 0.000000399. The van der Waals surface area contributed by atoms with E-state index in [1.165, 1.54) is 22.7 Å². The first-order chi connectivity index (χ1) is 11.6. The zero-order valence-electron chi connectivity index (χ0n) is 12.8. The van der Waals surface area contributed by atoms with Crippen LogP contribution < -0.4 is 10.5 Å². The normalized spacial score (nSPS) is 10.8. The standard InChI is InChI=1S/C13H9N3O2S2.CH4O3S/c14-11(15)12-16-8-4-3-7(6-10(8)20-12)18-13(17)9-2-1-5-19-9;1-5(2,3)4/h1-6H,(H3,14,15);1H3,(H,2,3,4). The summed E-state index contributed by atoms with van der Waals surface area (Å²) < 4.78 is 32.0. The lowest BCUT2D eigenvalue weighted by Crippen LogP contribution is -2.09. The van der Waals surface area contributed by atoms with E-state index < -0.39 is 10.1 Å².